The predicted octanol–water partition coefficient (Wildman–Crippen LogP) is 3.91. The minimum Gasteiger partial charge on any atom is -0.491 e. The monoisotopic (exact) mass is 357 g/mol. The second-order valence-corrected chi connectivity index (χ2v) is 6.68. The highest BCUT2D eigenvalue weighted by molar-refractivity contribution is 7.99. The lowest BCUT2D eigenvalue weighted by atomic mass is 10.1. The Kier molecular flexibility index (Phi) is 7.57. The van der Waals surface area contributed by atoms with Gasteiger partial charge in [0.2, 0.25) is 5.91 Å². The largest absolute Gasteiger partial charge is 0.491 e. The van der Waals surface area contributed by atoms with Gasteiger partial charge in [-0.2, -0.15) is 0 Å². The SMILES string of the molecule is C=CCc1ccccc1OCC(O)CSc1ccc(NC(C)=O)cc1. The molecule has 0 aromatic heterocycles. The van der Waals surface area contributed by atoms with Gasteiger partial charge in [-0.15, -0.1) is 18.3 Å². The van der Waals surface area contributed by atoms with E-state index in [1.54, 1.807) is 11.8 Å². The summed E-state index contributed by atoms with van der Waals surface area (Å²) in [6, 6.07) is 15.3. The molecule has 2 N–H and O–H groups in total. The summed E-state index contributed by atoms with van der Waals surface area (Å²) >= 11 is 1.55. The molecule has 0 aliphatic heterocycles. The van der Waals surface area contributed by atoms with Gasteiger partial charge < -0.3 is 15.2 Å². The predicted molar refractivity (Wildman–Crippen MR) is 103 cm³/mol. The van der Waals surface area contributed by atoms with E-state index in [-0.39, 0.29) is 12.5 Å². The molecule has 25 heavy (non-hydrogen) atoms. The molecule has 4 nitrogen and oxygen atoms in total. The first kappa shape index (κ1) is 19.1. The molecule has 0 radical (unpaired) electrons. The number of carbonyl (C=O) groups excluding carboxylic acids is 1. The van der Waals surface area contributed by atoms with Gasteiger partial charge in [0, 0.05) is 23.3 Å². The molecule has 1 amide bonds. The fraction of sp³-hybridized carbons (Fsp3) is 0.250. The number of aliphatic hydroxyl groups excluding tert-OH is 1. The highest BCUT2D eigenvalue weighted by Gasteiger charge is 2.08. The van der Waals surface area contributed by atoms with Gasteiger partial charge in [0.05, 0.1) is 6.10 Å². The summed E-state index contributed by atoms with van der Waals surface area (Å²) in [6.45, 7) is 5.47. The van der Waals surface area contributed by atoms with Crippen molar-refractivity contribution in [3.8, 4) is 5.75 Å². The molecule has 1 atom stereocenters. The molecular weight excluding hydrogens is 334 g/mol. The molecule has 0 saturated carbocycles. The molecule has 2 rings (SSSR count). The smallest absolute Gasteiger partial charge is 0.221 e. The Morgan fingerprint density at radius 2 is 2.00 bits per heavy atom. The van der Waals surface area contributed by atoms with Crippen LogP contribution in [-0.4, -0.2) is 29.5 Å². The second-order valence-electron chi connectivity index (χ2n) is 5.58. The molecular formula is C20H23NO3S. The third kappa shape index (κ3) is 6.64. The van der Waals surface area contributed by atoms with Crippen molar-refractivity contribution in [2.75, 3.05) is 17.7 Å². The molecule has 0 aliphatic carbocycles. The average molecular weight is 357 g/mol. The van der Waals surface area contributed by atoms with Crippen molar-refractivity contribution in [3.63, 3.8) is 0 Å². The van der Waals surface area contributed by atoms with Gasteiger partial charge in [0.1, 0.15) is 12.4 Å². The number of amides is 1. The number of thioether (sulfide) groups is 1. The topological polar surface area (TPSA) is 58.6 Å². The van der Waals surface area contributed by atoms with Crippen LogP contribution in [0, 0.1) is 0 Å². The summed E-state index contributed by atoms with van der Waals surface area (Å²) in [5, 5.41) is 12.9. The molecule has 0 heterocycles. The van der Waals surface area contributed by atoms with Crippen LogP contribution in [0.2, 0.25) is 0 Å². The van der Waals surface area contributed by atoms with E-state index in [2.05, 4.69) is 11.9 Å². The van der Waals surface area contributed by atoms with E-state index in [0.717, 1.165) is 28.3 Å². The van der Waals surface area contributed by atoms with Crippen molar-refractivity contribution < 1.29 is 14.6 Å². The average Bonchev–Trinajstić information content (AvgIpc) is 2.60. The number of carbonyl (C=O) groups is 1. The van der Waals surface area contributed by atoms with Crippen molar-refractivity contribution in [1.82, 2.24) is 0 Å². The summed E-state index contributed by atoms with van der Waals surface area (Å²) < 4.78 is 5.74. The van der Waals surface area contributed by atoms with Crippen LogP contribution < -0.4 is 10.1 Å². The Hall–Kier alpha value is -2.24. The van der Waals surface area contributed by atoms with Crippen molar-refractivity contribution in [2.45, 2.75) is 24.3 Å². The highest BCUT2D eigenvalue weighted by Crippen LogP contribution is 2.22. The van der Waals surface area contributed by atoms with Crippen LogP contribution in [0.25, 0.3) is 0 Å². The van der Waals surface area contributed by atoms with Gasteiger partial charge in [0.15, 0.2) is 0 Å². The standard InChI is InChI=1S/C20H23NO3S/c1-3-6-16-7-4-5-8-20(16)24-13-18(23)14-25-19-11-9-17(10-12-19)21-15(2)22/h3-5,7-12,18,23H,1,6,13-14H2,2H3,(H,21,22). The third-order valence-corrected chi connectivity index (χ3v) is 4.54. The number of hydrogen-bond donors (Lipinski definition) is 2. The van der Waals surface area contributed by atoms with Gasteiger partial charge in [-0.1, -0.05) is 24.3 Å². The number of anilines is 1. The van der Waals surface area contributed by atoms with Crippen LogP contribution in [0.15, 0.2) is 66.1 Å². The first-order valence-electron chi connectivity index (χ1n) is 8.08. The van der Waals surface area contributed by atoms with Crippen LogP contribution in [0.4, 0.5) is 5.69 Å². The zero-order valence-electron chi connectivity index (χ0n) is 14.3. The molecule has 0 fully saturated rings. The quantitative estimate of drug-likeness (QED) is 0.528. The van der Waals surface area contributed by atoms with Crippen molar-refractivity contribution in [3.05, 3.63) is 66.7 Å². The highest BCUT2D eigenvalue weighted by atomic mass is 32.2. The maximum Gasteiger partial charge on any atom is 0.221 e. The number of rotatable bonds is 9. The summed E-state index contributed by atoms with van der Waals surface area (Å²) in [6.07, 6.45) is 2.00. The van der Waals surface area contributed by atoms with Gasteiger partial charge >= 0.3 is 0 Å². The van der Waals surface area contributed by atoms with E-state index >= 15 is 0 Å². The van der Waals surface area contributed by atoms with Gasteiger partial charge in [-0.3, -0.25) is 4.79 Å². The Morgan fingerprint density at radius 1 is 1.28 bits per heavy atom. The molecule has 132 valence electrons. The van der Waals surface area contributed by atoms with Crippen LogP contribution in [0.5, 0.6) is 5.75 Å². The summed E-state index contributed by atoms with van der Waals surface area (Å²) in [7, 11) is 0. The summed E-state index contributed by atoms with van der Waals surface area (Å²) in [5.41, 5.74) is 1.82. The first-order valence-corrected chi connectivity index (χ1v) is 9.07. The molecule has 1 unspecified atom stereocenters. The maximum absolute atomic E-state index is 11.0. The van der Waals surface area contributed by atoms with E-state index in [1.165, 1.54) is 6.92 Å². The molecule has 0 aliphatic rings. The molecule has 0 spiro atoms. The lowest BCUT2D eigenvalue weighted by Gasteiger charge is -2.14. The van der Waals surface area contributed by atoms with E-state index in [9.17, 15) is 9.90 Å². The van der Waals surface area contributed by atoms with E-state index in [4.69, 9.17) is 4.74 Å². The Morgan fingerprint density at radius 3 is 2.68 bits per heavy atom. The number of benzene rings is 2. The van der Waals surface area contributed by atoms with Crippen LogP contribution in [-0.2, 0) is 11.2 Å². The van der Waals surface area contributed by atoms with E-state index in [0.29, 0.717) is 5.75 Å². The molecule has 2 aromatic carbocycles. The minimum atomic E-state index is -0.572. The number of hydrogen-bond acceptors (Lipinski definition) is 4. The zero-order valence-corrected chi connectivity index (χ0v) is 15.1. The number of ether oxygens (including phenoxy) is 1. The maximum atomic E-state index is 11.0. The van der Waals surface area contributed by atoms with Crippen molar-refractivity contribution in [2.24, 2.45) is 0 Å². The molecule has 5 heteroatoms. The normalized spacial score (nSPS) is 11.6. The van der Waals surface area contributed by atoms with Crippen LogP contribution in [0.1, 0.15) is 12.5 Å². The van der Waals surface area contributed by atoms with Crippen LogP contribution in [0.3, 0.4) is 0 Å². The van der Waals surface area contributed by atoms with Gasteiger partial charge in [-0.05, 0) is 42.3 Å². The summed E-state index contributed by atoms with van der Waals surface area (Å²) in [4.78, 5) is 12.0. The number of aliphatic hydroxyl groups is 1. The Bertz CT molecular complexity index is 700. The fourth-order valence-electron chi connectivity index (χ4n) is 2.23. The summed E-state index contributed by atoms with van der Waals surface area (Å²) in [5.74, 6) is 1.22. The zero-order chi connectivity index (χ0) is 18.1. The lowest BCUT2D eigenvalue weighted by Crippen LogP contribution is -2.20. The van der Waals surface area contributed by atoms with Gasteiger partial charge in [-0.25, -0.2) is 0 Å². The minimum absolute atomic E-state index is 0.0929. The molecule has 0 bridgehead atoms. The van der Waals surface area contributed by atoms with E-state index < -0.39 is 6.10 Å². The fourth-order valence-corrected chi connectivity index (χ4v) is 3.04. The molecule has 0 saturated heterocycles. The third-order valence-electron chi connectivity index (χ3n) is 3.39. The number of allylic oxidation sites excluding steroid dienone is 1. The second kappa shape index (κ2) is 9.91. The number of para-hydroxylation sites is 1. The Labute approximate surface area is 152 Å². The lowest BCUT2D eigenvalue weighted by molar-refractivity contribution is -0.114. The van der Waals surface area contributed by atoms with Gasteiger partial charge in [0.25, 0.3) is 0 Å². The number of nitrogens with one attached hydrogen (secondary N) is 1. The Balaban J connectivity index is 1.80. The molecule has 2 aromatic rings. The first-order chi connectivity index (χ1) is 12.1. The van der Waals surface area contributed by atoms with Crippen molar-refractivity contribution >= 4 is 23.4 Å². The van der Waals surface area contributed by atoms with E-state index in [1.807, 2.05) is 54.6 Å². The van der Waals surface area contributed by atoms with Crippen LogP contribution >= 0.6 is 11.8 Å². The van der Waals surface area contributed by atoms with Crippen molar-refractivity contribution in [1.29, 1.82) is 0 Å².